The van der Waals surface area contributed by atoms with Crippen LogP contribution in [0.3, 0.4) is 0 Å². The van der Waals surface area contributed by atoms with Gasteiger partial charge in [0.1, 0.15) is 5.82 Å². The number of hydrogen-bond donors (Lipinski definition) is 1. The smallest absolute Gasteiger partial charge is 0.128 e. The molecule has 0 saturated heterocycles. The van der Waals surface area contributed by atoms with Gasteiger partial charge in [-0.05, 0) is 17.7 Å². The average molecular weight is 201 g/mol. The molecule has 15 heavy (non-hydrogen) atoms. The lowest BCUT2D eigenvalue weighted by molar-refractivity contribution is 1.05. The Morgan fingerprint density at radius 3 is 2.67 bits per heavy atom. The van der Waals surface area contributed by atoms with Crippen molar-refractivity contribution in [2.45, 2.75) is 6.54 Å². The highest BCUT2D eigenvalue weighted by Crippen LogP contribution is 2.19. The van der Waals surface area contributed by atoms with Gasteiger partial charge >= 0.3 is 0 Å². The molecule has 0 aliphatic rings. The number of rotatable bonds is 2. The zero-order valence-corrected chi connectivity index (χ0v) is 9.07. The summed E-state index contributed by atoms with van der Waals surface area (Å²) in [5.74, 6) is 0.961. The van der Waals surface area contributed by atoms with E-state index in [1.165, 1.54) is 0 Å². The minimum absolute atomic E-state index is 0.529. The molecule has 3 heteroatoms. The largest absolute Gasteiger partial charge is 0.363 e. The summed E-state index contributed by atoms with van der Waals surface area (Å²) in [6.07, 6.45) is 0. The fourth-order valence-electron chi connectivity index (χ4n) is 1.61. The van der Waals surface area contributed by atoms with Gasteiger partial charge in [0.05, 0.1) is 5.52 Å². The molecule has 1 aromatic heterocycles. The Morgan fingerprint density at radius 2 is 2.00 bits per heavy atom. The highest BCUT2D eigenvalue weighted by molar-refractivity contribution is 5.83. The quantitative estimate of drug-likeness (QED) is 0.805. The molecule has 0 aliphatic heterocycles. The van der Waals surface area contributed by atoms with Gasteiger partial charge in [-0.1, -0.05) is 18.2 Å². The summed E-state index contributed by atoms with van der Waals surface area (Å²) < 4.78 is 0. The number of benzene rings is 1. The van der Waals surface area contributed by atoms with Gasteiger partial charge in [0, 0.05) is 26.0 Å². The Kier molecular flexibility index (Phi) is 2.56. The molecule has 0 spiro atoms. The van der Waals surface area contributed by atoms with Gasteiger partial charge in [0.25, 0.3) is 0 Å². The first-order chi connectivity index (χ1) is 7.22. The molecule has 0 saturated carbocycles. The fourth-order valence-corrected chi connectivity index (χ4v) is 1.61. The Bertz CT molecular complexity index is 477. The van der Waals surface area contributed by atoms with E-state index in [2.05, 4.69) is 17.1 Å². The van der Waals surface area contributed by atoms with Crippen molar-refractivity contribution in [1.29, 1.82) is 0 Å². The molecule has 0 unspecified atom stereocenters. The standard InChI is InChI=1S/C12H15N3/c1-15(2)11-7-6-9-4-3-5-10(8-13)12(9)14-11/h3-7H,8,13H2,1-2H3. The van der Waals surface area contributed by atoms with Crippen LogP contribution in [0.4, 0.5) is 5.82 Å². The highest BCUT2D eigenvalue weighted by atomic mass is 15.1. The summed E-state index contributed by atoms with van der Waals surface area (Å²) in [6, 6.07) is 10.2. The molecule has 0 aliphatic carbocycles. The summed E-state index contributed by atoms with van der Waals surface area (Å²) in [4.78, 5) is 6.58. The van der Waals surface area contributed by atoms with Crippen LogP contribution in [-0.2, 0) is 6.54 Å². The summed E-state index contributed by atoms with van der Waals surface area (Å²) in [5.41, 5.74) is 7.79. The topological polar surface area (TPSA) is 42.1 Å². The Hall–Kier alpha value is -1.61. The lowest BCUT2D eigenvalue weighted by Crippen LogP contribution is -2.10. The molecule has 0 fully saturated rings. The minimum Gasteiger partial charge on any atom is -0.363 e. The van der Waals surface area contributed by atoms with Crippen LogP contribution in [0, 0.1) is 0 Å². The van der Waals surface area contributed by atoms with Crippen LogP contribution in [0.15, 0.2) is 30.3 Å². The monoisotopic (exact) mass is 201 g/mol. The maximum Gasteiger partial charge on any atom is 0.128 e. The molecule has 0 radical (unpaired) electrons. The molecule has 0 bridgehead atoms. The summed E-state index contributed by atoms with van der Waals surface area (Å²) >= 11 is 0. The highest BCUT2D eigenvalue weighted by Gasteiger charge is 2.03. The molecule has 0 atom stereocenters. The minimum atomic E-state index is 0.529. The lowest BCUT2D eigenvalue weighted by atomic mass is 10.1. The number of hydrogen-bond acceptors (Lipinski definition) is 3. The SMILES string of the molecule is CN(C)c1ccc2cccc(CN)c2n1. The van der Waals surface area contributed by atoms with Crippen molar-refractivity contribution in [3.8, 4) is 0 Å². The predicted octanol–water partition coefficient (Wildman–Crippen LogP) is 1.76. The molecule has 2 N–H and O–H groups in total. The number of pyridine rings is 1. The molecular formula is C12H15N3. The van der Waals surface area contributed by atoms with Gasteiger partial charge in [0.15, 0.2) is 0 Å². The van der Waals surface area contributed by atoms with Gasteiger partial charge in [0.2, 0.25) is 0 Å². The zero-order chi connectivity index (χ0) is 10.8. The molecule has 78 valence electrons. The van der Waals surface area contributed by atoms with Gasteiger partial charge in [-0.2, -0.15) is 0 Å². The van der Waals surface area contributed by atoms with Crippen LogP contribution in [0.2, 0.25) is 0 Å². The van der Waals surface area contributed by atoms with Gasteiger partial charge < -0.3 is 10.6 Å². The molecule has 2 aromatic rings. The van der Waals surface area contributed by atoms with Crippen molar-refractivity contribution < 1.29 is 0 Å². The van der Waals surface area contributed by atoms with Crippen LogP contribution in [0.5, 0.6) is 0 Å². The third kappa shape index (κ3) is 1.78. The van der Waals surface area contributed by atoms with Crippen LogP contribution >= 0.6 is 0 Å². The second-order valence-electron chi connectivity index (χ2n) is 3.76. The molecule has 1 aromatic carbocycles. The number of nitrogens with zero attached hydrogens (tertiary/aromatic N) is 2. The summed E-state index contributed by atoms with van der Waals surface area (Å²) in [6.45, 7) is 0.529. The van der Waals surface area contributed by atoms with Gasteiger partial charge in [-0.25, -0.2) is 4.98 Å². The second-order valence-corrected chi connectivity index (χ2v) is 3.76. The van der Waals surface area contributed by atoms with E-state index in [1.54, 1.807) is 0 Å². The maximum absolute atomic E-state index is 5.69. The van der Waals surface area contributed by atoms with E-state index >= 15 is 0 Å². The summed E-state index contributed by atoms with van der Waals surface area (Å²) in [7, 11) is 3.97. The molecule has 2 rings (SSSR count). The molecular weight excluding hydrogens is 186 g/mol. The molecule has 1 heterocycles. The third-order valence-corrected chi connectivity index (χ3v) is 2.47. The van der Waals surface area contributed by atoms with E-state index in [9.17, 15) is 0 Å². The van der Waals surface area contributed by atoms with E-state index in [0.717, 1.165) is 22.3 Å². The van der Waals surface area contributed by atoms with E-state index in [0.29, 0.717) is 6.54 Å². The number of nitrogens with two attached hydrogens (primary N) is 1. The van der Waals surface area contributed by atoms with Crippen molar-refractivity contribution in [3.63, 3.8) is 0 Å². The van der Waals surface area contributed by atoms with E-state index < -0.39 is 0 Å². The Balaban J connectivity index is 2.67. The number of fused-ring (bicyclic) bond motifs is 1. The van der Waals surface area contributed by atoms with Crippen molar-refractivity contribution in [2.24, 2.45) is 5.73 Å². The van der Waals surface area contributed by atoms with Crippen LogP contribution in [0.1, 0.15) is 5.56 Å². The lowest BCUT2D eigenvalue weighted by Gasteiger charge is -2.12. The fraction of sp³-hybridized carbons (Fsp3) is 0.250. The van der Waals surface area contributed by atoms with E-state index in [1.807, 2.05) is 37.2 Å². The van der Waals surface area contributed by atoms with Crippen molar-refractivity contribution in [1.82, 2.24) is 4.98 Å². The average Bonchev–Trinajstić information content (AvgIpc) is 2.27. The van der Waals surface area contributed by atoms with Gasteiger partial charge in [-0.15, -0.1) is 0 Å². The van der Waals surface area contributed by atoms with Gasteiger partial charge in [-0.3, -0.25) is 0 Å². The second kappa shape index (κ2) is 3.87. The van der Waals surface area contributed by atoms with Crippen LogP contribution < -0.4 is 10.6 Å². The Morgan fingerprint density at radius 1 is 1.20 bits per heavy atom. The number of anilines is 1. The van der Waals surface area contributed by atoms with Crippen LogP contribution in [0.25, 0.3) is 10.9 Å². The molecule has 0 amide bonds. The van der Waals surface area contributed by atoms with E-state index in [-0.39, 0.29) is 0 Å². The maximum atomic E-state index is 5.69. The predicted molar refractivity (Wildman–Crippen MR) is 64.0 cm³/mol. The first-order valence-electron chi connectivity index (χ1n) is 4.98. The third-order valence-electron chi connectivity index (χ3n) is 2.47. The first-order valence-corrected chi connectivity index (χ1v) is 4.98. The van der Waals surface area contributed by atoms with Crippen molar-refractivity contribution >= 4 is 16.7 Å². The van der Waals surface area contributed by atoms with Crippen molar-refractivity contribution in [3.05, 3.63) is 35.9 Å². The first kappa shape index (κ1) is 9.93. The Labute approximate surface area is 89.5 Å². The summed E-state index contributed by atoms with van der Waals surface area (Å²) in [5, 5.41) is 1.14. The number of para-hydroxylation sites is 1. The van der Waals surface area contributed by atoms with E-state index in [4.69, 9.17) is 5.73 Å². The normalized spacial score (nSPS) is 10.6. The number of aromatic nitrogens is 1. The van der Waals surface area contributed by atoms with Crippen molar-refractivity contribution in [2.75, 3.05) is 19.0 Å². The van der Waals surface area contributed by atoms with Crippen LogP contribution in [-0.4, -0.2) is 19.1 Å². The molecule has 3 nitrogen and oxygen atoms in total. The zero-order valence-electron chi connectivity index (χ0n) is 9.07.